The van der Waals surface area contributed by atoms with Crippen LogP contribution in [-0.4, -0.2) is 24.3 Å². The molecule has 0 spiro atoms. The van der Waals surface area contributed by atoms with Crippen molar-refractivity contribution in [3.8, 4) is 33.8 Å². The van der Waals surface area contributed by atoms with Crippen LogP contribution >= 0.6 is 0 Å². The maximum absolute atomic E-state index is 15.2. The van der Waals surface area contributed by atoms with Crippen molar-refractivity contribution in [3.05, 3.63) is 71.8 Å². The average molecular weight is 525 g/mol. The number of carbonyl (C=O) groups is 1. The van der Waals surface area contributed by atoms with E-state index in [2.05, 4.69) is 13.8 Å². The molecule has 6 heteroatoms. The number of carboxylic acid groups (broad SMARTS) is 1. The molecule has 3 aromatic rings. The molecule has 3 aromatic carbocycles. The molecular formula is C32H38F2O4. The lowest BCUT2D eigenvalue weighted by atomic mass is 9.94. The van der Waals surface area contributed by atoms with E-state index in [-0.39, 0.29) is 22.4 Å². The molecule has 0 aliphatic carbocycles. The third-order valence-electron chi connectivity index (χ3n) is 6.55. The van der Waals surface area contributed by atoms with Crippen molar-refractivity contribution >= 4 is 5.97 Å². The molecule has 0 radical (unpaired) electrons. The number of aromatic carboxylic acids is 1. The minimum Gasteiger partial charge on any atom is -0.494 e. The zero-order valence-electron chi connectivity index (χ0n) is 22.4. The Morgan fingerprint density at radius 2 is 1.29 bits per heavy atom. The first-order valence-electron chi connectivity index (χ1n) is 13.7. The molecule has 3 rings (SSSR count). The summed E-state index contributed by atoms with van der Waals surface area (Å²) < 4.78 is 41.3. The Morgan fingerprint density at radius 1 is 0.684 bits per heavy atom. The van der Waals surface area contributed by atoms with Gasteiger partial charge in [0.1, 0.15) is 5.75 Å². The summed E-state index contributed by atoms with van der Waals surface area (Å²) >= 11 is 0. The molecule has 0 aromatic heterocycles. The van der Waals surface area contributed by atoms with E-state index in [1.165, 1.54) is 31.0 Å². The predicted octanol–water partition coefficient (Wildman–Crippen LogP) is 9.31. The molecular weight excluding hydrogens is 486 g/mol. The number of ether oxygens (including phenoxy) is 2. The van der Waals surface area contributed by atoms with E-state index < -0.39 is 17.6 Å². The number of hydrogen-bond acceptors (Lipinski definition) is 3. The summed E-state index contributed by atoms with van der Waals surface area (Å²) in [6.07, 6.45) is 9.57. The van der Waals surface area contributed by atoms with Gasteiger partial charge >= 0.3 is 5.97 Å². The molecule has 0 saturated heterocycles. The number of halogens is 2. The van der Waals surface area contributed by atoms with Crippen LogP contribution in [0.25, 0.3) is 22.3 Å². The van der Waals surface area contributed by atoms with Gasteiger partial charge in [-0.1, -0.05) is 77.0 Å². The molecule has 1 N–H and O–H groups in total. The first-order valence-corrected chi connectivity index (χ1v) is 13.7. The van der Waals surface area contributed by atoms with Gasteiger partial charge in [0, 0.05) is 5.56 Å². The number of hydrogen-bond donors (Lipinski definition) is 1. The van der Waals surface area contributed by atoms with E-state index in [1.807, 2.05) is 24.3 Å². The van der Waals surface area contributed by atoms with Crippen molar-refractivity contribution in [1.29, 1.82) is 0 Å². The highest BCUT2D eigenvalue weighted by atomic mass is 19.2. The van der Waals surface area contributed by atoms with Crippen LogP contribution in [0.3, 0.4) is 0 Å². The number of unbranched alkanes of at least 4 members (excludes halogenated alkanes) is 7. The van der Waals surface area contributed by atoms with Crippen molar-refractivity contribution in [2.45, 2.75) is 71.6 Å². The molecule has 0 heterocycles. The van der Waals surface area contributed by atoms with E-state index >= 15 is 4.39 Å². The van der Waals surface area contributed by atoms with E-state index in [1.54, 1.807) is 12.1 Å². The first kappa shape index (κ1) is 29.2. The van der Waals surface area contributed by atoms with Gasteiger partial charge < -0.3 is 14.6 Å². The topological polar surface area (TPSA) is 55.8 Å². The molecule has 0 bridgehead atoms. The van der Waals surface area contributed by atoms with Crippen LogP contribution in [0, 0.1) is 11.6 Å². The van der Waals surface area contributed by atoms with Gasteiger partial charge in [-0.3, -0.25) is 0 Å². The smallest absolute Gasteiger partial charge is 0.336 e. The zero-order chi connectivity index (χ0) is 27.3. The summed E-state index contributed by atoms with van der Waals surface area (Å²) in [5.41, 5.74) is 1.37. The monoisotopic (exact) mass is 524 g/mol. The first-order chi connectivity index (χ1) is 18.5. The summed E-state index contributed by atoms with van der Waals surface area (Å²) in [5.74, 6) is -2.87. The summed E-state index contributed by atoms with van der Waals surface area (Å²) in [6.45, 7) is 5.25. The summed E-state index contributed by atoms with van der Waals surface area (Å²) in [6, 6.07) is 14.9. The van der Waals surface area contributed by atoms with Gasteiger partial charge in [-0.2, -0.15) is 4.39 Å². The second-order valence-corrected chi connectivity index (χ2v) is 9.50. The van der Waals surface area contributed by atoms with Gasteiger partial charge in [0.15, 0.2) is 11.6 Å². The fourth-order valence-corrected chi connectivity index (χ4v) is 4.33. The molecule has 38 heavy (non-hydrogen) atoms. The van der Waals surface area contributed by atoms with E-state index in [9.17, 15) is 14.3 Å². The fourth-order valence-electron chi connectivity index (χ4n) is 4.33. The minimum atomic E-state index is -1.22. The highest BCUT2D eigenvalue weighted by Gasteiger charge is 2.21. The Hall–Kier alpha value is -3.41. The average Bonchev–Trinajstić information content (AvgIpc) is 2.93. The molecule has 204 valence electrons. The summed E-state index contributed by atoms with van der Waals surface area (Å²) in [7, 11) is 0. The summed E-state index contributed by atoms with van der Waals surface area (Å²) in [5, 5.41) is 9.72. The molecule has 0 aliphatic rings. The largest absolute Gasteiger partial charge is 0.494 e. The standard InChI is InChI=1S/C32H38F2O4/c1-3-5-7-9-11-21-38-29-19-18-26(30(33)31(29)34)28-22-24(14-17-27(28)32(35)36)23-12-15-25(16-13-23)37-20-10-8-6-4-2/h12-19,22H,3-11,20-21H2,1-2H3,(H,35,36). The minimum absolute atomic E-state index is 0.105. The quantitative estimate of drug-likeness (QED) is 0.190. The van der Waals surface area contributed by atoms with Crippen molar-refractivity contribution in [2.75, 3.05) is 13.2 Å². The number of carboxylic acids is 1. The van der Waals surface area contributed by atoms with Crippen LogP contribution in [0.4, 0.5) is 8.78 Å². The third-order valence-corrected chi connectivity index (χ3v) is 6.55. The van der Waals surface area contributed by atoms with E-state index in [0.29, 0.717) is 18.8 Å². The van der Waals surface area contributed by atoms with Crippen LogP contribution in [0.15, 0.2) is 54.6 Å². The Bertz CT molecular complexity index is 1170. The van der Waals surface area contributed by atoms with Crippen molar-refractivity contribution in [1.82, 2.24) is 0 Å². The fraction of sp³-hybridized carbons (Fsp3) is 0.406. The van der Waals surface area contributed by atoms with Crippen molar-refractivity contribution < 1.29 is 28.2 Å². The van der Waals surface area contributed by atoms with Crippen LogP contribution in [0.1, 0.15) is 82.0 Å². The summed E-state index contributed by atoms with van der Waals surface area (Å²) in [4.78, 5) is 11.9. The van der Waals surface area contributed by atoms with Crippen LogP contribution in [-0.2, 0) is 0 Å². The highest BCUT2D eigenvalue weighted by molar-refractivity contribution is 5.97. The Labute approximate surface area is 224 Å². The van der Waals surface area contributed by atoms with Gasteiger partial charge in [0.2, 0.25) is 5.82 Å². The molecule has 4 nitrogen and oxygen atoms in total. The van der Waals surface area contributed by atoms with Gasteiger partial charge in [-0.15, -0.1) is 0 Å². The molecule has 0 atom stereocenters. The van der Waals surface area contributed by atoms with Crippen LogP contribution in [0.2, 0.25) is 0 Å². The van der Waals surface area contributed by atoms with Gasteiger partial charge in [0.25, 0.3) is 0 Å². The lowest BCUT2D eigenvalue weighted by Gasteiger charge is -2.14. The van der Waals surface area contributed by atoms with Gasteiger partial charge in [-0.05, 0) is 65.9 Å². The molecule has 0 saturated carbocycles. The second kappa shape index (κ2) is 15.1. The van der Waals surface area contributed by atoms with Crippen molar-refractivity contribution in [2.24, 2.45) is 0 Å². The van der Waals surface area contributed by atoms with Crippen LogP contribution < -0.4 is 9.47 Å². The van der Waals surface area contributed by atoms with Crippen molar-refractivity contribution in [3.63, 3.8) is 0 Å². The predicted molar refractivity (Wildman–Crippen MR) is 148 cm³/mol. The maximum Gasteiger partial charge on any atom is 0.336 e. The third kappa shape index (κ3) is 8.04. The SMILES string of the molecule is CCCCCCCOc1ccc(-c2cc(-c3ccc(OCCCCCC)cc3)ccc2C(=O)O)c(F)c1F. The van der Waals surface area contributed by atoms with E-state index in [4.69, 9.17) is 9.47 Å². The normalized spacial score (nSPS) is 10.9. The molecule has 0 amide bonds. The van der Waals surface area contributed by atoms with Crippen LogP contribution in [0.5, 0.6) is 11.5 Å². The molecule has 0 unspecified atom stereocenters. The Morgan fingerprint density at radius 3 is 1.95 bits per heavy atom. The van der Waals surface area contributed by atoms with Gasteiger partial charge in [-0.25, -0.2) is 9.18 Å². The Kier molecular flexibility index (Phi) is 11.6. The lowest BCUT2D eigenvalue weighted by molar-refractivity contribution is 0.0697. The number of benzene rings is 3. The highest BCUT2D eigenvalue weighted by Crippen LogP contribution is 2.35. The molecule has 0 fully saturated rings. The zero-order valence-corrected chi connectivity index (χ0v) is 22.4. The van der Waals surface area contributed by atoms with Gasteiger partial charge in [0.05, 0.1) is 18.8 Å². The second-order valence-electron chi connectivity index (χ2n) is 9.50. The Balaban J connectivity index is 1.79. The number of rotatable bonds is 16. The lowest BCUT2D eigenvalue weighted by Crippen LogP contribution is -2.04. The maximum atomic E-state index is 15.2. The van der Waals surface area contributed by atoms with E-state index in [0.717, 1.165) is 56.3 Å². The molecule has 0 aliphatic heterocycles.